The SMILES string of the molecule is Cc1c(OCCCN2CCC(F)CC2)cccc1-c1cccc2c1CC[C@@H]2Oc1cc(OCc2cc(C#N)cc(C#N)c2)c(CN[C@@H]2CCC[C@H]2O)cc1Cl. The Morgan fingerprint density at radius 3 is 2.40 bits per heavy atom. The molecule has 0 unspecified atom stereocenters. The summed E-state index contributed by atoms with van der Waals surface area (Å²) in [4.78, 5) is 2.33. The highest BCUT2D eigenvalue weighted by atomic mass is 35.5. The van der Waals surface area contributed by atoms with Crippen molar-refractivity contribution in [3.05, 3.63) is 111 Å². The van der Waals surface area contributed by atoms with Gasteiger partial charge in [-0.1, -0.05) is 41.9 Å². The van der Waals surface area contributed by atoms with E-state index in [1.807, 2.05) is 18.2 Å². The van der Waals surface area contributed by atoms with E-state index >= 15 is 0 Å². The molecule has 55 heavy (non-hydrogen) atoms. The van der Waals surface area contributed by atoms with Crippen molar-refractivity contribution in [1.29, 1.82) is 10.5 Å². The van der Waals surface area contributed by atoms with Crippen LogP contribution in [-0.2, 0) is 19.6 Å². The molecule has 1 saturated heterocycles. The van der Waals surface area contributed by atoms with Gasteiger partial charge in [0.15, 0.2) is 0 Å². The molecule has 1 saturated carbocycles. The first-order valence-electron chi connectivity index (χ1n) is 19.5. The van der Waals surface area contributed by atoms with Crippen LogP contribution < -0.4 is 19.5 Å². The number of alkyl halides is 1. The standard InChI is InChI=1S/C45H48ClFN4O4/c1-29-35(6-3-11-42(29)53-19-5-16-51-17-14-34(47)15-18-51)36-7-2-8-38-37(36)12-13-43(38)55-45-24-44(54-28-32-21-30(25-48)20-31(22-32)26-49)33(23-39(45)46)27-50-40-9-4-10-41(40)52/h2-3,6-8,11,20-24,34,40-41,43,50,52H,4-5,9-10,12-19,27-28H2,1H3/t40-,41-,43+/m1/s1. The zero-order valence-electron chi connectivity index (χ0n) is 31.3. The number of nitrogens with zero attached hydrogens (tertiary/aromatic N) is 3. The lowest BCUT2D eigenvalue weighted by Gasteiger charge is -2.28. The Bertz CT molecular complexity index is 2040. The van der Waals surface area contributed by atoms with Crippen molar-refractivity contribution in [3.8, 4) is 40.5 Å². The van der Waals surface area contributed by atoms with Crippen molar-refractivity contribution in [2.75, 3.05) is 26.2 Å². The average Bonchev–Trinajstić information content (AvgIpc) is 3.82. The summed E-state index contributed by atoms with van der Waals surface area (Å²) in [6, 6.07) is 25.5. The summed E-state index contributed by atoms with van der Waals surface area (Å²) in [6.45, 7) is 5.86. The molecule has 0 spiro atoms. The molecular formula is C45H48ClFN4O4. The van der Waals surface area contributed by atoms with Gasteiger partial charge in [-0.3, -0.25) is 0 Å². The van der Waals surface area contributed by atoms with Gasteiger partial charge in [0.1, 0.15) is 36.1 Å². The number of likely N-dealkylation sites (tertiary alicyclic amines) is 1. The lowest BCUT2D eigenvalue weighted by molar-refractivity contribution is 0.143. The van der Waals surface area contributed by atoms with Gasteiger partial charge in [-0.15, -0.1) is 0 Å². The number of benzene rings is 4. The van der Waals surface area contributed by atoms with Crippen LogP contribution in [0, 0.1) is 29.6 Å². The largest absolute Gasteiger partial charge is 0.493 e. The minimum Gasteiger partial charge on any atom is -0.493 e. The molecule has 4 aromatic rings. The van der Waals surface area contributed by atoms with Gasteiger partial charge < -0.3 is 29.5 Å². The Kier molecular flexibility index (Phi) is 12.6. The smallest absolute Gasteiger partial charge is 0.142 e. The van der Waals surface area contributed by atoms with Gasteiger partial charge in [0.05, 0.1) is 41.0 Å². The fraction of sp³-hybridized carbons (Fsp3) is 0.422. The molecule has 0 radical (unpaired) electrons. The maximum absolute atomic E-state index is 13.5. The van der Waals surface area contributed by atoms with E-state index in [0.717, 1.165) is 86.2 Å². The van der Waals surface area contributed by atoms with Gasteiger partial charge >= 0.3 is 0 Å². The molecule has 2 fully saturated rings. The summed E-state index contributed by atoms with van der Waals surface area (Å²) >= 11 is 6.93. The van der Waals surface area contributed by atoms with E-state index in [9.17, 15) is 20.0 Å². The summed E-state index contributed by atoms with van der Waals surface area (Å²) < 4.78 is 32.9. The van der Waals surface area contributed by atoms with Gasteiger partial charge in [-0.05, 0) is 122 Å². The van der Waals surface area contributed by atoms with Gasteiger partial charge in [-0.2, -0.15) is 10.5 Å². The number of fused-ring (bicyclic) bond motifs is 1. The number of ether oxygens (including phenoxy) is 3. The molecule has 4 aromatic carbocycles. The van der Waals surface area contributed by atoms with Gasteiger partial charge in [0.25, 0.3) is 0 Å². The maximum Gasteiger partial charge on any atom is 0.142 e. The fourth-order valence-electron chi connectivity index (χ4n) is 8.23. The van der Waals surface area contributed by atoms with Crippen LogP contribution in [0.25, 0.3) is 11.1 Å². The molecule has 1 aliphatic heterocycles. The topological polar surface area (TPSA) is 111 Å². The van der Waals surface area contributed by atoms with Crippen LogP contribution in [0.4, 0.5) is 4.39 Å². The quantitative estimate of drug-likeness (QED) is 0.123. The number of halogens is 2. The highest BCUT2D eigenvalue weighted by molar-refractivity contribution is 6.32. The number of rotatable bonds is 14. The first-order chi connectivity index (χ1) is 26.8. The zero-order valence-corrected chi connectivity index (χ0v) is 32.1. The monoisotopic (exact) mass is 762 g/mol. The van der Waals surface area contributed by atoms with E-state index in [1.165, 1.54) is 11.1 Å². The van der Waals surface area contributed by atoms with Crippen LogP contribution in [0.5, 0.6) is 17.2 Å². The minimum atomic E-state index is -0.658. The molecule has 2 aliphatic carbocycles. The number of hydrogen-bond acceptors (Lipinski definition) is 8. The maximum atomic E-state index is 13.5. The van der Waals surface area contributed by atoms with E-state index in [2.05, 4.69) is 59.6 Å². The van der Waals surface area contributed by atoms with Crippen LogP contribution in [0.2, 0.25) is 5.02 Å². The Balaban J connectivity index is 1.08. The number of nitrogens with one attached hydrogen (secondary N) is 1. The molecule has 0 aromatic heterocycles. The first-order valence-corrected chi connectivity index (χ1v) is 19.9. The number of piperidine rings is 1. The second kappa shape index (κ2) is 17.9. The number of nitriles is 2. The van der Waals surface area contributed by atoms with Gasteiger partial charge in [0, 0.05) is 43.9 Å². The summed E-state index contributed by atoms with van der Waals surface area (Å²) in [5.74, 6) is 1.96. The Morgan fingerprint density at radius 1 is 0.891 bits per heavy atom. The first kappa shape index (κ1) is 38.6. The molecule has 8 nitrogen and oxygen atoms in total. The van der Waals surface area contributed by atoms with E-state index in [0.29, 0.717) is 59.2 Å². The highest BCUT2D eigenvalue weighted by Crippen LogP contribution is 2.44. The van der Waals surface area contributed by atoms with Gasteiger partial charge in [-0.25, -0.2) is 4.39 Å². The number of aliphatic hydroxyl groups is 1. The predicted molar refractivity (Wildman–Crippen MR) is 211 cm³/mol. The van der Waals surface area contributed by atoms with Crippen LogP contribution >= 0.6 is 11.6 Å². The lowest BCUT2D eigenvalue weighted by Crippen LogP contribution is -2.35. The molecular weight excluding hydrogens is 715 g/mol. The minimum absolute atomic E-state index is 0.00888. The van der Waals surface area contributed by atoms with Crippen molar-refractivity contribution in [2.45, 2.75) is 95.9 Å². The molecule has 7 rings (SSSR count). The summed E-state index contributed by atoms with van der Waals surface area (Å²) in [5, 5.41) is 33.4. The Labute approximate surface area is 328 Å². The zero-order chi connectivity index (χ0) is 38.3. The van der Waals surface area contributed by atoms with Crippen molar-refractivity contribution >= 4 is 11.6 Å². The Hall–Kier alpha value is -4.64. The molecule has 286 valence electrons. The van der Waals surface area contributed by atoms with Crippen LogP contribution in [-0.4, -0.2) is 54.6 Å². The van der Waals surface area contributed by atoms with Crippen LogP contribution in [0.15, 0.2) is 66.7 Å². The molecule has 0 amide bonds. The second-order valence-electron chi connectivity index (χ2n) is 15.0. The highest BCUT2D eigenvalue weighted by Gasteiger charge is 2.29. The summed E-state index contributed by atoms with van der Waals surface area (Å²) in [5.41, 5.74) is 8.09. The van der Waals surface area contributed by atoms with Crippen LogP contribution in [0.3, 0.4) is 0 Å². The Morgan fingerprint density at radius 2 is 1.65 bits per heavy atom. The van der Waals surface area contributed by atoms with Crippen LogP contribution in [0.1, 0.15) is 90.0 Å². The molecule has 0 bridgehead atoms. The van der Waals surface area contributed by atoms with E-state index < -0.39 is 12.3 Å². The lowest BCUT2D eigenvalue weighted by atomic mass is 9.93. The average molecular weight is 763 g/mol. The van der Waals surface area contributed by atoms with Crippen molar-refractivity contribution < 1.29 is 23.7 Å². The number of hydrogen-bond donors (Lipinski definition) is 2. The third-order valence-corrected chi connectivity index (χ3v) is 11.5. The molecule has 3 aliphatic rings. The summed E-state index contributed by atoms with van der Waals surface area (Å²) in [6.07, 6.45) is 5.15. The fourth-order valence-corrected chi connectivity index (χ4v) is 8.46. The van der Waals surface area contributed by atoms with Gasteiger partial charge in [0.2, 0.25) is 0 Å². The third kappa shape index (κ3) is 9.26. The van der Waals surface area contributed by atoms with Crippen molar-refractivity contribution in [3.63, 3.8) is 0 Å². The summed E-state index contributed by atoms with van der Waals surface area (Å²) in [7, 11) is 0. The molecule has 1 heterocycles. The third-order valence-electron chi connectivity index (χ3n) is 11.2. The van der Waals surface area contributed by atoms with E-state index in [-0.39, 0.29) is 18.8 Å². The van der Waals surface area contributed by atoms with Crippen molar-refractivity contribution in [2.24, 2.45) is 0 Å². The van der Waals surface area contributed by atoms with Crippen molar-refractivity contribution in [1.82, 2.24) is 10.2 Å². The van der Waals surface area contributed by atoms with E-state index in [1.54, 1.807) is 18.2 Å². The number of aliphatic hydroxyl groups excluding tert-OH is 1. The molecule has 2 N–H and O–H groups in total. The second-order valence-corrected chi connectivity index (χ2v) is 15.4. The predicted octanol–water partition coefficient (Wildman–Crippen LogP) is 8.91. The normalized spacial score (nSPS) is 19.8. The molecule has 10 heteroatoms. The molecule has 3 atom stereocenters. The van der Waals surface area contributed by atoms with E-state index in [4.69, 9.17) is 25.8 Å².